The van der Waals surface area contributed by atoms with Crippen LogP contribution in [-0.2, 0) is 11.2 Å². The predicted molar refractivity (Wildman–Crippen MR) is 76.2 cm³/mol. The lowest BCUT2D eigenvalue weighted by Crippen LogP contribution is -2.34. The van der Waals surface area contributed by atoms with Gasteiger partial charge in [-0.25, -0.2) is 4.39 Å². The van der Waals surface area contributed by atoms with Crippen molar-refractivity contribution in [2.45, 2.75) is 26.3 Å². The normalized spacial score (nSPS) is 14.3. The number of benzene rings is 1. The molecule has 0 aliphatic rings. The maximum Gasteiger partial charge on any atom is 0.307 e. The Balaban J connectivity index is 2.01. The number of hydrogen-bond donors (Lipinski definition) is 3. The average Bonchev–Trinajstić information content (AvgIpc) is 2.78. The molecule has 0 spiro atoms. The molecule has 0 unspecified atom stereocenters. The number of hydrogen-bond acceptors (Lipinski definition) is 2. The first-order valence-electron chi connectivity index (χ1n) is 6.69. The van der Waals surface area contributed by atoms with Crippen LogP contribution in [0.15, 0.2) is 24.4 Å². The first kappa shape index (κ1) is 14.5. The summed E-state index contributed by atoms with van der Waals surface area (Å²) in [6, 6.07) is 4.80. The molecular formula is C15H19FN2O2. The molecule has 0 aliphatic carbocycles. The number of aromatic nitrogens is 1. The van der Waals surface area contributed by atoms with Crippen LogP contribution >= 0.6 is 0 Å². The van der Waals surface area contributed by atoms with Crippen LogP contribution in [0.5, 0.6) is 0 Å². The van der Waals surface area contributed by atoms with Crippen LogP contribution in [0.1, 0.15) is 19.4 Å². The van der Waals surface area contributed by atoms with Gasteiger partial charge in [0.05, 0.1) is 5.92 Å². The molecule has 108 valence electrons. The molecule has 0 aliphatic heterocycles. The highest BCUT2D eigenvalue weighted by Gasteiger charge is 2.13. The Hall–Kier alpha value is -1.88. The van der Waals surface area contributed by atoms with Gasteiger partial charge in [0.25, 0.3) is 0 Å². The number of halogens is 1. The van der Waals surface area contributed by atoms with Gasteiger partial charge >= 0.3 is 5.97 Å². The first-order valence-corrected chi connectivity index (χ1v) is 6.69. The van der Waals surface area contributed by atoms with Gasteiger partial charge in [0.15, 0.2) is 0 Å². The number of carboxylic acid groups (broad SMARTS) is 1. The molecule has 20 heavy (non-hydrogen) atoms. The van der Waals surface area contributed by atoms with Gasteiger partial charge in [-0.2, -0.15) is 0 Å². The molecule has 0 bridgehead atoms. The highest BCUT2D eigenvalue weighted by atomic mass is 19.1. The Kier molecular flexibility index (Phi) is 4.39. The molecular weight excluding hydrogens is 259 g/mol. The van der Waals surface area contributed by atoms with Gasteiger partial charge in [-0.15, -0.1) is 0 Å². The number of carbonyl (C=O) groups is 1. The number of aliphatic carboxylic acids is 1. The standard InChI is InChI=1S/C15H19FN2O2/c1-9(15(19)20)7-17-10(2)5-11-8-18-14-4-3-12(16)6-13(11)14/h3-4,6,8-10,17-18H,5,7H2,1-2H3,(H,19,20)/t9-,10+/m0/s1. The topological polar surface area (TPSA) is 65.1 Å². The van der Waals surface area contributed by atoms with Gasteiger partial charge in [0, 0.05) is 29.7 Å². The van der Waals surface area contributed by atoms with E-state index >= 15 is 0 Å². The minimum absolute atomic E-state index is 0.124. The number of fused-ring (bicyclic) bond motifs is 1. The van der Waals surface area contributed by atoms with Crippen molar-refractivity contribution in [2.24, 2.45) is 5.92 Å². The Morgan fingerprint density at radius 1 is 1.45 bits per heavy atom. The zero-order chi connectivity index (χ0) is 14.7. The Bertz CT molecular complexity index is 609. The van der Waals surface area contributed by atoms with Crippen LogP contribution in [0.25, 0.3) is 10.9 Å². The lowest BCUT2D eigenvalue weighted by molar-refractivity contribution is -0.140. The Morgan fingerprint density at radius 2 is 2.20 bits per heavy atom. The summed E-state index contributed by atoms with van der Waals surface area (Å²) in [6.07, 6.45) is 2.60. The molecule has 0 amide bonds. The third-order valence-electron chi connectivity index (χ3n) is 3.45. The van der Waals surface area contributed by atoms with Gasteiger partial charge in [-0.1, -0.05) is 6.92 Å². The van der Waals surface area contributed by atoms with E-state index in [1.807, 2.05) is 13.1 Å². The van der Waals surface area contributed by atoms with E-state index in [-0.39, 0.29) is 11.9 Å². The van der Waals surface area contributed by atoms with Gasteiger partial charge in [-0.05, 0) is 37.1 Å². The molecule has 2 rings (SSSR count). The van der Waals surface area contributed by atoms with Crippen molar-refractivity contribution in [3.05, 3.63) is 35.8 Å². The van der Waals surface area contributed by atoms with Crippen LogP contribution < -0.4 is 5.32 Å². The molecule has 3 N–H and O–H groups in total. The fraction of sp³-hybridized carbons (Fsp3) is 0.400. The minimum atomic E-state index is -0.807. The quantitative estimate of drug-likeness (QED) is 0.761. The number of nitrogens with one attached hydrogen (secondary N) is 2. The molecule has 2 atom stereocenters. The molecule has 1 heterocycles. The van der Waals surface area contributed by atoms with Crippen LogP contribution in [-0.4, -0.2) is 28.6 Å². The summed E-state index contributed by atoms with van der Waals surface area (Å²) in [6.45, 7) is 4.09. The highest BCUT2D eigenvalue weighted by molar-refractivity contribution is 5.83. The van der Waals surface area contributed by atoms with Crippen LogP contribution in [0, 0.1) is 11.7 Å². The molecule has 0 saturated carbocycles. The summed E-state index contributed by atoms with van der Waals surface area (Å²) in [5.74, 6) is -1.48. The predicted octanol–water partition coefficient (Wildman–Crippen LogP) is 2.55. The third kappa shape index (κ3) is 3.36. The second-order valence-corrected chi connectivity index (χ2v) is 5.26. The van der Waals surface area contributed by atoms with Crippen molar-refractivity contribution in [3.8, 4) is 0 Å². The largest absolute Gasteiger partial charge is 0.481 e. The summed E-state index contributed by atoms with van der Waals surface area (Å²) in [7, 11) is 0. The lowest BCUT2D eigenvalue weighted by atomic mass is 10.1. The van der Waals surface area contributed by atoms with Crippen molar-refractivity contribution < 1.29 is 14.3 Å². The number of rotatable bonds is 6. The van der Waals surface area contributed by atoms with E-state index in [1.165, 1.54) is 12.1 Å². The summed E-state index contributed by atoms with van der Waals surface area (Å²) in [5, 5.41) is 12.9. The highest BCUT2D eigenvalue weighted by Crippen LogP contribution is 2.20. The Labute approximate surface area is 117 Å². The monoisotopic (exact) mass is 278 g/mol. The third-order valence-corrected chi connectivity index (χ3v) is 3.45. The fourth-order valence-corrected chi connectivity index (χ4v) is 2.19. The molecule has 0 saturated heterocycles. The summed E-state index contributed by atoms with van der Waals surface area (Å²) >= 11 is 0. The molecule has 1 aromatic carbocycles. The fourth-order valence-electron chi connectivity index (χ4n) is 2.19. The zero-order valence-electron chi connectivity index (χ0n) is 11.6. The van der Waals surface area contributed by atoms with E-state index in [9.17, 15) is 9.18 Å². The van der Waals surface area contributed by atoms with Crippen molar-refractivity contribution in [1.82, 2.24) is 10.3 Å². The van der Waals surface area contributed by atoms with E-state index in [4.69, 9.17) is 5.11 Å². The van der Waals surface area contributed by atoms with E-state index in [2.05, 4.69) is 10.3 Å². The molecule has 0 fully saturated rings. The lowest BCUT2D eigenvalue weighted by Gasteiger charge is -2.15. The molecule has 2 aromatic rings. The van der Waals surface area contributed by atoms with Gasteiger partial charge in [0.1, 0.15) is 5.82 Å². The van der Waals surface area contributed by atoms with Crippen LogP contribution in [0.2, 0.25) is 0 Å². The Morgan fingerprint density at radius 3 is 2.90 bits per heavy atom. The maximum atomic E-state index is 13.3. The molecule has 4 nitrogen and oxygen atoms in total. The number of carboxylic acids is 1. The first-order chi connectivity index (χ1) is 9.47. The van der Waals surface area contributed by atoms with Crippen LogP contribution in [0.4, 0.5) is 4.39 Å². The summed E-state index contributed by atoms with van der Waals surface area (Å²) in [4.78, 5) is 13.9. The van der Waals surface area contributed by atoms with E-state index in [0.29, 0.717) is 6.54 Å². The van der Waals surface area contributed by atoms with E-state index < -0.39 is 11.9 Å². The second kappa shape index (κ2) is 6.05. The zero-order valence-corrected chi connectivity index (χ0v) is 11.6. The van der Waals surface area contributed by atoms with Gasteiger partial charge < -0.3 is 15.4 Å². The van der Waals surface area contributed by atoms with E-state index in [0.717, 1.165) is 22.9 Å². The average molecular weight is 278 g/mol. The number of aromatic amines is 1. The maximum absolute atomic E-state index is 13.3. The number of H-pyrrole nitrogens is 1. The summed E-state index contributed by atoms with van der Waals surface area (Å²) < 4.78 is 13.3. The van der Waals surface area contributed by atoms with E-state index in [1.54, 1.807) is 13.0 Å². The molecule has 5 heteroatoms. The van der Waals surface area contributed by atoms with Crippen molar-refractivity contribution in [2.75, 3.05) is 6.54 Å². The van der Waals surface area contributed by atoms with Gasteiger partial charge in [-0.3, -0.25) is 4.79 Å². The van der Waals surface area contributed by atoms with Gasteiger partial charge in [0.2, 0.25) is 0 Å². The molecule has 1 aromatic heterocycles. The molecule has 0 radical (unpaired) electrons. The van der Waals surface area contributed by atoms with Crippen molar-refractivity contribution >= 4 is 16.9 Å². The van der Waals surface area contributed by atoms with Crippen molar-refractivity contribution in [3.63, 3.8) is 0 Å². The SMILES string of the molecule is C[C@H](Cc1c[nH]c2ccc(F)cc12)NC[C@H](C)C(=O)O. The van der Waals surface area contributed by atoms with Crippen LogP contribution in [0.3, 0.4) is 0 Å². The summed E-state index contributed by atoms with van der Waals surface area (Å²) in [5.41, 5.74) is 1.94. The second-order valence-electron chi connectivity index (χ2n) is 5.26. The minimum Gasteiger partial charge on any atom is -0.481 e. The smallest absolute Gasteiger partial charge is 0.307 e. The van der Waals surface area contributed by atoms with Crippen molar-refractivity contribution in [1.29, 1.82) is 0 Å².